The largest absolute Gasteiger partial charge is 0.432 e. The molecule has 13 heteroatoms. The van der Waals surface area contributed by atoms with Crippen molar-refractivity contribution in [1.29, 1.82) is 0 Å². The van der Waals surface area contributed by atoms with Gasteiger partial charge in [0.2, 0.25) is 0 Å². The van der Waals surface area contributed by atoms with E-state index in [0.717, 1.165) is 19.3 Å². The summed E-state index contributed by atoms with van der Waals surface area (Å²) in [4.78, 5) is 0. The fourth-order valence-corrected chi connectivity index (χ4v) is 4.09. The highest BCUT2D eigenvalue weighted by molar-refractivity contribution is 5.36. The average Bonchev–Trinajstić information content (AvgIpc) is 2.75. The van der Waals surface area contributed by atoms with E-state index < -0.39 is 69.9 Å². The SMILES string of the molecule is CCCCC1CC=C(C(F)(F)Oc2cc(F)c(C(F)(F)Oc3cc(F)c(C(F)(F)F)c(F)c3)c(F)c2)CC1. The van der Waals surface area contributed by atoms with Crippen molar-refractivity contribution in [1.82, 2.24) is 0 Å². The number of benzene rings is 2. The summed E-state index contributed by atoms with van der Waals surface area (Å²) >= 11 is 0. The fourth-order valence-electron chi connectivity index (χ4n) is 4.09. The van der Waals surface area contributed by atoms with E-state index in [1.807, 2.05) is 6.92 Å². The van der Waals surface area contributed by atoms with Gasteiger partial charge in [-0.3, -0.25) is 0 Å². The molecule has 0 aliphatic heterocycles. The fraction of sp³-hybridized carbons (Fsp3) is 0.440. The Morgan fingerprint density at radius 1 is 0.737 bits per heavy atom. The van der Waals surface area contributed by atoms with Gasteiger partial charge < -0.3 is 9.47 Å². The van der Waals surface area contributed by atoms with Crippen molar-refractivity contribution in [3.8, 4) is 11.5 Å². The molecule has 3 rings (SSSR count). The van der Waals surface area contributed by atoms with Gasteiger partial charge >= 0.3 is 18.4 Å². The molecule has 0 amide bonds. The van der Waals surface area contributed by atoms with Crippen molar-refractivity contribution in [2.45, 2.75) is 63.8 Å². The summed E-state index contributed by atoms with van der Waals surface area (Å²) in [7, 11) is 0. The third-order valence-corrected chi connectivity index (χ3v) is 5.96. The van der Waals surface area contributed by atoms with E-state index in [1.165, 1.54) is 6.08 Å². The maximum atomic E-state index is 14.6. The molecule has 0 saturated heterocycles. The van der Waals surface area contributed by atoms with E-state index in [-0.39, 0.29) is 36.6 Å². The molecule has 0 N–H and O–H groups in total. The lowest BCUT2D eigenvalue weighted by Gasteiger charge is -2.27. The van der Waals surface area contributed by atoms with Gasteiger partial charge in [0, 0.05) is 29.8 Å². The minimum absolute atomic E-state index is 0.0327. The van der Waals surface area contributed by atoms with Crippen LogP contribution in [0, 0.1) is 29.2 Å². The molecule has 0 heterocycles. The highest BCUT2D eigenvalue weighted by atomic mass is 19.4. The second kappa shape index (κ2) is 11.0. The number of rotatable bonds is 9. The summed E-state index contributed by atoms with van der Waals surface area (Å²) in [5, 5.41) is 0. The van der Waals surface area contributed by atoms with Crippen LogP contribution in [-0.4, -0.2) is 6.11 Å². The molecular weight excluding hydrogens is 541 g/mol. The maximum absolute atomic E-state index is 14.6. The molecular formula is C25H21F11O2. The van der Waals surface area contributed by atoms with Crippen LogP contribution >= 0.6 is 0 Å². The molecule has 38 heavy (non-hydrogen) atoms. The van der Waals surface area contributed by atoms with Crippen LogP contribution < -0.4 is 9.47 Å². The van der Waals surface area contributed by atoms with Gasteiger partial charge in [-0.1, -0.05) is 32.3 Å². The number of hydrogen-bond acceptors (Lipinski definition) is 2. The van der Waals surface area contributed by atoms with Gasteiger partial charge in [0.1, 0.15) is 45.9 Å². The zero-order valence-corrected chi connectivity index (χ0v) is 19.7. The van der Waals surface area contributed by atoms with E-state index in [0.29, 0.717) is 12.8 Å². The molecule has 2 aromatic carbocycles. The van der Waals surface area contributed by atoms with Gasteiger partial charge in [0.05, 0.1) is 0 Å². The molecule has 0 aromatic heterocycles. The molecule has 210 valence electrons. The Kier molecular flexibility index (Phi) is 8.57. The van der Waals surface area contributed by atoms with Crippen molar-refractivity contribution in [3.05, 3.63) is 70.3 Å². The smallest absolute Gasteiger partial charge is 0.429 e. The number of alkyl halides is 7. The zero-order chi connectivity index (χ0) is 28.5. The van der Waals surface area contributed by atoms with Crippen LogP contribution in [0.5, 0.6) is 11.5 Å². The van der Waals surface area contributed by atoms with Gasteiger partial charge in [-0.25, -0.2) is 17.6 Å². The predicted molar refractivity (Wildman–Crippen MR) is 113 cm³/mol. The molecule has 0 bridgehead atoms. The van der Waals surface area contributed by atoms with Crippen LogP contribution in [-0.2, 0) is 12.3 Å². The predicted octanol–water partition coefficient (Wildman–Crippen LogP) is 9.28. The van der Waals surface area contributed by atoms with Gasteiger partial charge in [0.15, 0.2) is 0 Å². The van der Waals surface area contributed by atoms with Crippen LogP contribution in [0.4, 0.5) is 48.3 Å². The number of halogens is 11. The van der Waals surface area contributed by atoms with Crippen molar-refractivity contribution in [2.24, 2.45) is 5.92 Å². The van der Waals surface area contributed by atoms with E-state index in [2.05, 4.69) is 9.47 Å². The van der Waals surface area contributed by atoms with E-state index in [9.17, 15) is 48.3 Å². The minimum atomic E-state index is -5.50. The Labute approximate surface area is 210 Å². The summed E-state index contributed by atoms with van der Waals surface area (Å²) in [5.74, 6) is -11.3. The second-order valence-corrected chi connectivity index (χ2v) is 8.77. The van der Waals surface area contributed by atoms with Crippen molar-refractivity contribution < 1.29 is 57.8 Å². The van der Waals surface area contributed by atoms with E-state index >= 15 is 0 Å². The number of ether oxygens (including phenoxy) is 2. The van der Waals surface area contributed by atoms with Gasteiger partial charge in [-0.05, 0) is 25.2 Å². The first-order valence-corrected chi connectivity index (χ1v) is 11.4. The monoisotopic (exact) mass is 562 g/mol. The Morgan fingerprint density at radius 2 is 1.21 bits per heavy atom. The Balaban J connectivity index is 1.81. The van der Waals surface area contributed by atoms with E-state index in [4.69, 9.17) is 0 Å². The first-order valence-electron chi connectivity index (χ1n) is 11.4. The highest BCUT2D eigenvalue weighted by Crippen LogP contribution is 2.42. The summed E-state index contributed by atoms with van der Waals surface area (Å²) in [5.41, 5.74) is -4.97. The van der Waals surface area contributed by atoms with Crippen molar-refractivity contribution in [2.75, 3.05) is 0 Å². The van der Waals surface area contributed by atoms with Gasteiger partial charge in [0.25, 0.3) is 0 Å². The minimum Gasteiger partial charge on any atom is -0.429 e. The van der Waals surface area contributed by atoms with Crippen LogP contribution in [0.25, 0.3) is 0 Å². The molecule has 2 nitrogen and oxygen atoms in total. The van der Waals surface area contributed by atoms with Crippen LogP contribution in [0.1, 0.15) is 56.6 Å². The number of allylic oxidation sites excluding steroid dienone is 1. The molecule has 1 aliphatic rings. The summed E-state index contributed by atoms with van der Waals surface area (Å²) in [6, 6.07) is -0.438. The van der Waals surface area contributed by atoms with Crippen LogP contribution in [0.3, 0.4) is 0 Å². The van der Waals surface area contributed by atoms with Gasteiger partial charge in [-0.2, -0.15) is 30.7 Å². The molecule has 0 saturated carbocycles. The standard InChI is InChI=1S/C25H21F11O2/c1-2-3-4-13-5-7-14(8-6-13)24(33,34)37-15-11-19(28)22(20(29)12-15)25(35,36)38-16-9-17(26)21(18(27)10-16)23(30,31)32/h7,9-13H,2-6,8H2,1H3. The Hall–Kier alpha value is -2.99. The number of hydrogen-bond donors (Lipinski definition) is 0. The normalized spacial score (nSPS) is 16.8. The Bertz CT molecular complexity index is 1140. The third kappa shape index (κ3) is 6.71. The maximum Gasteiger partial charge on any atom is 0.432 e. The molecule has 0 fully saturated rings. The number of unbranched alkanes of at least 4 members (excludes halogenated alkanes) is 1. The lowest BCUT2D eigenvalue weighted by molar-refractivity contribution is -0.189. The Morgan fingerprint density at radius 3 is 1.63 bits per heavy atom. The first kappa shape index (κ1) is 29.6. The van der Waals surface area contributed by atoms with Gasteiger partial charge in [-0.15, -0.1) is 0 Å². The topological polar surface area (TPSA) is 18.5 Å². The molecule has 1 aliphatic carbocycles. The van der Waals surface area contributed by atoms with Crippen LogP contribution in [0.15, 0.2) is 35.9 Å². The lowest BCUT2D eigenvalue weighted by atomic mass is 9.86. The zero-order valence-electron chi connectivity index (χ0n) is 19.7. The third-order valence-electron chi connectivity index (χ3n) is 5.96. The summed E-state index contributed by atoms with van der Waals surface area (Å²) in [6.45, 7) is 1.99. The van der Waals surface area contributed by atoms with Crippen LogP contribution in [0.2, 0.25) is 0 Å². The average molecular weight is 562 g/mol. The molecule has 1 atom stereocenters. The molecule has 0 spiro atoms. The quantitative estimate of drug-likeness (QED) is 0.224. The van der Waals surface area contributed by atoms with E-state index in [1.54, 1.807) is 0 Å². The highest BCUT2D eigenvalue weighted by Gasteiger charge is 2.44. The summed E-state index contributed by atoms with van der Waals surface area (Å²) < 4.78 is 161. The molecule has 0 radical (unpaired) electrons. The molecule has 2 aromatic rings. The first-order chi connectivity index (χ1) is 17.5. The molecule has 1 unspecified atom stereocenters. The lowest BCUT2D eigenvalue weighted by Crippen LogP contribution is -2.30. The second-order valence-electron chi connectivity index (χ2n) is 8.77. The van der Waals surface area contributed by atoms with Crippen molar-refractivity contribution >= 4 is 0 Å². The summed E-state index contributed by atoms with van der Waals surface area (Å²) in [6.07, 6.45) is -9.76. The van der Waals surface area contributed by atoms with Crippen molar-refractivity contribution in [3.63, 3.8) is 0 Å².